The van der Waals surface area contributed by atoms with Crippen molar-refractivity contribution in [2.45, 2.75) is 157 Å². The Labute approximate surface area is 212 Å². The summed E-state index contributed by atoms with van der Waals surface area (Å²) in [5.41, 5.74) is 0.113. The summed E-state index contributed by atoms with van der Waals surface area (Å²) < 4.78 is 10.6. The van der Waals surface area contributed by atoms with E-state index in [1.807, 2.05) is 0 Å². The van der Waals surface area contributed by atoms with Crippen LogP contribution in [0.3, 0.4) is 0 Å². The van der Waals surface area contributed by atoms with Gasteiger partial charge in [0.1, 0.15) is 0 Å². The van der Waals surface area contributed by atoms with E-state index in [1.54, 1.807) is 0 Å². The summed E-state index contributed by atoms with van der Waals surface area (Å²) in [6, 6.07) is 0. The molecule has 0 aromatic carbocycles. The van der Waals surface area contributed by atoms with Crippen molar-refractivity contribution >= 4 is 11.9 Å². The third kappa shape index (κ3) is 27.2. The molecule has 0 atom stereocenters. The fourth-order valence-electron chi connectivity index (χ4n) is 3.75. The number of hydrogen-bond acceptors (Lipinski definition) is 4. The van der Waals surface area contributed by atoms with Crippen LogP contribution < -0.4 is 0 Å². The van der Waals surface area contributed by atoms with Gasteiger partial charge in [-0.15, -0.1) is 0 Å². The molecule has 0 bridgehead atoms. The molecule has 0 amide bonds. The Morgan fingerprint density at radius 3 is 0.824 bits per heavy atom. The average Bonchev–Trinajstić information content (AvgIpc) is 2.74. The number of rotatable bonds is 21. The molecule has 202 valence electrons. The highest BCUT2D eigenvalue weighted by atomic mass is 16.5. The molecule has 0 saturated carbocycles. The minimum atomic E-state index is -0.0384. The molecule has 0 saturated heterocycles. The first kappa shape index (κ1) is 32.9. The molecular formula is C30H58O4. The Morgan fingerprint density at radius 1 is 0.412 bits per heavy atom. The number of carbonyl (C=O) groups excluding carboxylic acids is 2. The maximum atomic E-state index is 11.7. The zero-order chi connectivity index (χ0) is 25.7. The highest BCUT2D eigenvalue weighted by molar-refractivity contribution is 5.69. The van der Waals surface area contributed by atoms with Crippen LogP contribution in [0.4, 0.5) is 0 Å². The van der Waals surface area contributed by atoms with Crippen molar-refractivity contribution in [2.24, 2.45) is 10.8 Å². The van der Waals surface area contributed by atoms with Gasteiger partial charge in [0.2, 0.25) is 0 Å². The largest absolute Gasteiger partial charge is 0.465 e. The zero-order valence-electron chi connectivity index (χ0n) is 23.8. The standard InChI is InChI=1S/C30H58O4/c1-29(2,3)25-33-27(31)23-21-19-17-15-13-11-9-7-8-10-12-14-16-18-20-22-24-28(32)34-26-30(4,5)6/h7-26H2,1-6H3. The minimum absolute atomic E-state index is 0.0384. The van der Waals surface area contributed by atoms with Gasteiger partial charge in [-0.05, 0) is 23.7 Å². The van der Waals surface area contributed by atoms with Crippen LogP contribution in [0, 0.1) is 10.8 Å². The Bertz CT molecular complexity index is 453. The molecule has 0 aromatic rings. The fraction of sp³-hybridized carbons (Fsp3) is 0.933. The molecule has 0 aromatic heterocycles. The van der Waals surface area contributed by atoms with Crippen LogP contribution >= 0.6 is 0 Å². The maximum absolute atomic E-state index is 11.7. The lowest BCUT2D eigenvalue weighted by Gasteiger charge is -2.17. The molecule has 0 spiro atoms. The Balaban J connectivity index is 3.23. The van der Waals surface area contributed by atoms with E-state index in [9.17, 15) is 9.59 Å². The lowest BCUT2D eigenvalue weighted by molar-refractivity contribution is -0.147. The molecule has 0 aliphatic rings. The van der Waals surface area contributed by atoms with Crippen LogP contribution in [0.1, 0.15) is 157 Å². The van der Waals surface area contributed by atoms with Gasteiger partial charge in [0.15, 0.2) is 0 Å². The van der Waals surface area contributed by atoms with Gasteiger partial charge in [0.25, 0.3) is 0 Å². The quantitative estimate of drug-likeness (QED) is 0.121. The maximum Gasteiger partial charge on any atom is 0.305 e. The minimum Gasteiger partial charge on any atom is -0.465 e. The summed E-state index contributed by atoms with van der Waals surface area (Å²) in [6.45, 7) is 13.5. The normalized spacial score (nSPS) is 12.1. The van der Waals surface area contributed by atoms with Crippen molar-refractivity contribution < 1.29 is 19.1 Å². The molecule has 0 radical (unpaired) electrons. The van der Waals surface area contributed by atoms with Crippen molar-refractivity contribution in [3.63, 3.8) is 0 Å². The molecule has 0 N–H and O–H groups in total. The second-order valence-electron chi connectivity index (χ2n) is 12.6. The second kappa shape index (κ2) is 20.2. The van der Waals surface area contributed by atoms with Gasteiger partial charge in [-0.1, -0.05) is 131 Å². The molecule has 4 nitrogen and oxygen atoms in total. The number of hydrogen-bond donors (Lipinski definition) is 0. The van der Waals surface area contributed by atoms with Crippen molar-refractivity contribution in [2.75, 3.05) is 13.2 Å². The Morgan fingerprint density at radius 2 is 0.618 bits per heavy atom. The van der Waals surface area contributed by atoms with E-state index >= 15 is 0 Å². The third-order valence-electron chi connectivity index (χ3n) is 5.84. The van der Waals surface area contributed by atoms with Gasteiger partial charge >= 0.3 is 11.9 Å². The third-order valence-corrected chi connectivity index (χ3v) is 5.84. The van der Waals surface area contributed by atoms with E-state index in [0.29, 0.717) is 26.1 Å². The first-order valence-corrected chi connectivity index (χ1v) is 14.3. The lowest BCUT2D eigenvalue weighted by Crippen LogP contribution is -2.18. The highest BCUT2D eigenvalue weighted by Gasteiger charge is 2.14. The molecule has 0 rings (SSSR count). The monoisotopic (exact) mass is 482 g/mol. The number of ether oxygens (including phenoxy) is 2. The molecular weight excluding hydrogens is 424 g/mol. The fourth-order valence-corrected chi connectivity index (χ4v) is 3.75. The topological polar surface area (TPSA) is 52.6 Å². The van der Waals surface area contributed by atoms with Gasteiger partial charge in [0.05, 0.1) is 13.2 Å². The molecule has 4 heteroatoms. The van der Waals surface area contributed by atoms with Crippen LogP contribution in [0.15, 0.2) is 0 Å². The van der Waals surface area contributed by atoms with E-state index in [0.717, 1.165) is 25.7 Å². The van der Waals surface area contributed by atoms with Gasteiger partial charge in [-0.3, -0.25) is 9.59 Å². The summed E-state index contributed by atoms with van der Waals surface area (Å²) in [4.78, 5) is 23.4. The van der Waals surface area contributed by atoms with Crippen molar-refractivity contribution in [3.05, 3.63) is 0 Å². The predicted octanol–water partition coefficient (Wildman–Crippen LogP) is 9.19. The van der Waals surface area contributed by atoms with E-state index in [1.165, 1.54) is 77.0 Å². The van der Waals surface area contributed by atoms with Crippen molar-refractivity contribution in [1.82, 2.24) is 0 Å². The average molecular weight is 483 g/mol. The smallest absolute Gasteiger partial charge is 0.305 e. The first-order chi connectivity index (χ1) is 16.0. The van der Waals surface area contributed by atoms with Gasteiger partial charge in [-0.2, -0.15) is 0 Å². The summed E-state index contributed by atoms with van der Waals surface area (Å²) in [5, 5.41) is 0. The van der Waals surface area contributed by atoms with Crippen LogP contribution in [-0.2, 0) is 19.1 Å². The van der Waals surface area contributed by atoms with Crippen LogP contribution in [0.2, 0.25) is 0 Å². The van der Waals surface area contributed by atoms with Crippen LogP contribution in [0.25, 0.3) is 0 Å². The number of unbranched alkanes of at least 4 members (excludes halogenated alkanes) is 15. The summed E-state index contributed by atoms with van der Waals surface area (Å²) in [6.07, 6.45) is 21.3. The van der Waals surface area contributed by atoms with Gasteiger partial charge in [0, 0.05) is 12.8 Å². The highest BCUT2D eigenvalue weighted by Crippen LogP contribution is 2.17. The summed E-state index contributed by atoms with van der Waals surface area (Å²) in [5.74, 6) is -0.0767. The van der Waals surface area contributed by atoms with Crippen molar-refractivity contribution in [3.8, 4) is 0 Å². The molecule has 0 heterocycles. The van der Waals surface area contributed by atoms with Crippen LogP contribution in [0.5, 0.6) is 0 Å². The number of carbonyl (C=O) groups is 2. The molecule has 0 aliphatic carbocycles. The lowest BCUT2D eigenvalue weighted by atomic mass is 9.99. The molecule has 0 fully saturated rings. The van der Waals surface area contributed by atoms with E-state index in [-0.39, 0.29) is 22.8 Å². The molecule has 34 heavy (non-hydrogen) atoms. The van der Waals surface area contributed by atoms with Crippen molar-refractivity contribution in [1.29, 1.82) is 0 Å². The Hall–Kier alpha value is -1.06. The number of esters is 2. The Kier molecular flexibility index (Phi) is 19.5. The van der Waals surface area contributed by atoms with Gasteiger partial charge < -0.3 is 9.47 Å². The van der Waals surface area contributed by atoms with Gasteiger partial charge in [-0.25, -0.2) is 0 Å². The summed E-state index contributed by atoms with van der Waals surface area (Å²) in [7, 11) is 0. The van der Waals surface area contributed by atoms with Crippen LogP contribution in [-0.4, -0.2) is 25.2 Å². The predicted molar refractivity (Wildman–Crippen MR) is 144 cm³/mol. The molecule has 0 unspecified atom stereocenters. The summed E-state index contributed by atoms with van der Waals surface area (Å²) >= 11 is 0. The zero-order valence-corrected chi connectivity index (χ0v) is 23.8. The van der Waals surface area contributed by atoms with E-state index in [4.69, 9.17) is 9.47 Å². The first-order valence-electron chi connectivity index (χ1n) is 14.3. The van der Waals surface area contributed by atoms with E-state index < -0.39 is 0 Å². The molecule has 0 aliphatic heterocycles. The van der Waals surface area contributed by atoms with E-state index in [2.05, 4.69) is 41.5 Å². The second-order valence-corrected chi connectivity index (χ2v) is 12.6. The SMILES string of the molecule is CC(C)(C)COC(=O)CCCCCCCCCCCCCCCCCCC(=O)OCC(C)(C)C.